The smallest absolute Gasteiger partial charge is 0.242 e. The van der Waals surface area contributed by atoms with Crippen LogP contribution in [0.1, 0.15) is 18.1 Å². The summed E-state index contributed by atoms with van der Waals surface area (Å²) in [7, 11) is -3.72. The molecule has 0 bridgehead atoms. The summed E-state index contributed by atoms with van der Waals surface area (Å²) in [5, 5.41) is 0.561. The zero-order valence-electron chi connectivity index (χ0n) is 10.4. The molecule has 4 nitrogen and oxygen atoms in total. The lowest BCUT2D eigenvalue weighted by atomic mass is 10.2. The quantitative estimate of drug-likeness (QED) is 0.895. The molecule has 0 saturated carbocycles. The van der Waals surface area contributed by atoms with E-state index in [1.165, 1.54) is 0 Å². The molecule has 1 aromatic rings. The van der Waals surface area contributed by atoms with Gasteiger partial charge in [0.2, 0.25) is 10.0 Å². The molecule has 0 radical (unpaired) electrons. The van der Waals surface area contributed by atoms with Crippen LogP contribution in [0.5, 0.6) is 0 Å². The Morgan fingerprint density at radius 2 is 1.94 bits per heavy atom. The number of hydrogen-bond donors (Lipinski definition) is 2. The number of nitrogens with two attached hydrogens (primary N) is 1. The summed E-state index contributed by atoms with van der Waals surface area (Å²) in [5.41, 5.74) is 6.46. The van der Waals surface area contributed by atoms with E-state index in [1.54, 1.807) is 26.8 Å². The summed E-state index contributed by atoms with van der Waals surface area (Å²) in [4.78, 5) is 0.0227. The maximum absolute atomic E-state index is 12.2. The number of aryl methyl sites for hydroxylation is 1. The van der Waals surface area contributed by atoms with E-state index in [2.05, 4.69) is 4.72 Å². The highest BCUT2D eigenvalue weighted by atomic mass is 35.5. The summed E-state index contributed by atoms with van der Waals surface area (Å²) in [6.07, 6.45) is 0. The van der Waals surface area contributed by atoms with Gasteiger partial charge in [0.05, 0.1) is 5.02 Å². The molecule has 1 aromatic carbocycles. The van der Waals surface area contributed by atoms with Gasteiger partial charge in [-0.25, -0.2) is 13.1 Å². The first-order chi connectivity index (χ1) is 8.20. The second kappa shape index (κ2) is 5.75. The Balaban J connectivity index is 3.41. The lowest BCUT2D eigenvalue weighted by Gasteiger charge is -2.16. The zero-order chi connectivity index (χ0) is 14.1. The molecule has 0 spiro atoms. The van der Waals surface area contributed by atoms with Crippen molar-refractivity contribution in [1.82, 2.24) is 4.72 Å². The first kappa shape index (κ1) is 15.7. The van der Waals surface area contributed by atoms with Crippen molar-refractivity contribution in [3.05, 3.63) is 27.2 Å². The van der Waals surface area contributed by atoms with Crippen molar-refractivity contribution in [2.45, 2.75) is 31.7 Å². The van der Waals surface area contributed by atoms with Gasteiger partial charge in [0.15, 0.2) is 0 Å². The Morgan fingerprint density at radius 3 is 2.44 bits per heavy atom. The maximum atomic E-state index is 12.2. The van der Waals surface area contributed by atoms with E-state index >= 15 is 0 Å². The van der Waals surface area contributed by atoms with Gasteiger partial charge < -0.3 is 5.73 Å². The Kier molecular flexibility index (Phi) is 5.03. The highest BCUT2D eigenvalue weighted by Gasteiger charge is 2.24. The van der Waals surface area contributed by atoms with E-state index < -0.39 is 10.0 Å². The van der Waals surface area contributed by atoms with Crippen molar-refractivity contribution >= 4 is 33.2 Å². The molecular weight excluding hydrogens is 295 g/mol. The van der Waals surface area contributed by atoms with Crippen LogP contribution in [0.3, 0.4) is 0 Å². The topological polar surface area (TPSA) is 72.2 Å². The van der Waals surface area contributed by atoms with Gasteiger partial charge in [0, 0.05) is 17.6 Å². The Bertz CT molecular complexity index is 532. The molecule has 3 N–H and O–H groups in total. The molecule has 0 aliphatic heterocycles. The molecule has 0 aliphatic carbocycles. The van der Waals surface area contributed by atoms with Crippen molar-refractivity contribution in [3.63, 3.8) is 0 Å². The lowest BCUT2D eigenvalue weighted by molar-refractivity contribution is 0.562. The normalized spacial score (nSPS) is 13.7. The van der Waals surface area contributed by atoms with Gasteiger partial charge in [-0.2, -0.15) is 0 Å². The van der Waals surface area contributed by atoms with Gasteiger partial charge >= 0.3 is 0 Å². The van der Waals surface area contributed by atoms with Crippen LogP contribution in [0.2, 0.25) is 10.0 Å². The van der Waals surface area contributed by atoms with Crippen LogP contribution in [0.15, 0.2) is 11.0 Å². The molecule has 0 heterocycles. The van der Waals surface area contributed by atoms with Crippen LogP contribution in [0, 0.1) is 13.8 Å². The van der Waals surface area contributed by atoms with E-state index in [0.717, 1.165) is 0 Å². The third kappa shape index (κ3) is 3.16. The summed E-state index contributed by atoms with van der Waals surface area (Å²) in [6, 6.07) is 1.27. The highest BCUT2D eigenvalue weighted by molar-refractivity contribution is 7.89. The monoisotopic (exact) mass is 310 g/mol. The number of nitrogens with one attached hydrogen (secondary N) is 1. The van der Waals surface area contributed by atoms with Crippen molar-refractivity contribution in [2.75, 3.05) is 6.54 Å². The van der Waals surface area contributed by atoms with E-state index in [1.807, 2.05) is 0 Å². The van der Waals surface area contributed by atoms with E-state index in [9.17, 15) is 8.42 Å². The van der Waals surface area contributed by atoms with E-state index in [4.69, 9.17) is 28.9 Å². The fourth-order valence-corrected chi connectivity index (χ4v) is 3.97. The molecule has 0 fully saturated rings. The van der Waals surface area contributed by atoms with E-state index in [-0.39, 0.29) is 22.5 Å². The predicted octanol–water partition coefficient (Wildman–Crippen LogP) is 2.24. The van der Waals surface area contributed by atoms with Gasteiger partial charge in [-0.3, -0.25) is 0 Å². The van der Waals surface area contributed by atoms with Crippen molar-refractivity contribution < 1.29 is 8.42 Å². The standard InChI is InChI=1S/C11H16Cl2N2O2S/c1-6-4-9(12)8(3)11(10(6)13)18(16,17)15-7(2)5-14/h4,7,15H,5,14H2,1-3H3/t7-/m1/s1. The lowest BCUT2D eigenvalue weighted by Crippen LogP contribution is -2.38. The van der Waals surface area contributed by atoms with Crippen molar-refractivity contribution in [2.24, 2.45) is 5.73 Å². The van der Waals surface area contributed by atoms with Crippen LogP contribution in [-0.4, -0.2) is 21.0 Å². The number of hydrogen-bond acceptors (Lipinski definition) is 3. The SMILES string of the molecule is Cc1cc(Cl)c(C)c(S(=O)(=O)N[C@H](C)CN)c1Cl. The molecule has 0 saturated heterocycles. The molecule has 18 heavy (non-hydrogen) atoms. The molecule has 0 unspecified atom stereocenters. The third-order valence-electron chi connectivity index (χ3n) is 2.57. The number of sulfonamides is 1. The van der Waals surface area contributed by atoms with Crippen LogP contribution >= 0.6 is 23.2 Å². The third-order valence-corrected chi connectivity index (χ3v) is 5.32. The number of halogens is 2. The molecule has 102 valence electrons. The highest BCUT2D eigenvalue weighted by Crippen LogP contribution is 2.33. The largest absolute Gasteiger partial charge is 0.329 e. The maximum Gasteiger partial charge on any atom is 0.242 e. The summed E-state index contributed by atoms with van der Waals surface area (Å²) in [5.74, 6) is 0. The minimum absolute atomic E-state index is 0.0227. The average molecular weight is 311 g/mol. The first-order valence-corrected chi connectivity index (χ1v) is 7.62. The Hall–Kier alpha value is -0.330. The zero-order valence-corrected chi connectivity index (χ0v) is 12.7. The molecule has 0 aliphatic rings. The van der Waals surface area contributed by atoms with Crippen LogP contribution in [0.25, 0.3) is 0 Å². The van der Waals surface area contributed by atoms with Gasteiger partial charge in [-0.15, -0.1) is 0 Å². The molecule has 7 heteroatoms. The minimum atomic E-state index is -3.72. The molecule has 0 amide bonds. The van der Waals surface area contributed by atoms with Crippen LogP contribution in [0.4, 0.5) is 0 Å². The molecule has 1 rings (SSSR count). The van der Waals surface area contributed by atoms with Gasteiger partial charge in [0.1, 0.15) is 4.90 Å². The predicted molar refractivity (Wildman–Crippen MR) is 74.8 cm³/mol. The fraction of sp³-hybridized carbons (Fsp3) is 0.455. The van der Waals surface area contributed by atoms with Gasteiger partial charge in [-0.05, 0) is 38.0 Å². The molecule has 0 aromatic heterocycles. The summed E-state index contributed by atoms with van der Waals surface area (Å²) < 4.78 is 26.9. The van der Waals surface area contributed by atoms with E-state index in [0.29, 0.717) is 16.1 Å². The van der Waals surface area contributed by atoms with Crippen LogP contribution in [-0.2, 0) is 10.0 Å². The van der Waals surface area contributed by atoms with Gasteiger partial charge in [0.25, 0.3) is 0 Å². The van der Waals surface area contributed by atoms with Crippen molar-refractivity contribution in [3.8, 4) is 0 Å². The second-order valence-corrected chi connectivity index (χ2v) is 6.64. The Morgan fingerprint density at radius 1 is 1.39 bits per heavy atom. The second-order valence-electron chi connectivity index (χ2n) is 4.20. The summed E-state index contributed by atoms with van der Waals surface area (Å²) in [6.45, 7) is 5.21. The number of rotatable bonds is 4. The Labute approximate surface area is 118 Å². The summed E-state index contributed by atoms with van der Waals surface area (Å²) >= 11 is 12.1. The number of benzene rings is 1. The fourth-order valence-electron chi connectivity index (χ4n) is 1.51. The average Bonchev–Trinajstić information content (AvgIpc) is 2.25. The minimum Gasteiger partial charge on any atom is -0.329 e. The van der Waals surface area contributed by atoms with Gasteiger partial charge in [-0.1, -0.05) is 23.2 Å². The molecule has 1 atom stereocenters. The van der Waals surface area contributed by atoms with Crippen molar-refractivity contribution in [1.29, 1.82) is 0 Å². The molecular formula is C11H16Cl2N2O2S. The first-order valence-electron chi connectivity index (χ1n) is 5.38. The van der Waals surface area contributed by atoms with Crippen LogP contribution < -0.4 is 10.5 Å².